The van der Waals surface area contributed by atoms with Crippen LogP contribution in [-0.2, 0) is 6.54 Å². The molecule has 0 atom stereocenters. The Kier molecular flexibility index (Phi) is 5.21. The Morgan fingerprint density at radius 2 is 1.97 bits per heavy atom. The molecule has 0 aliphatic heterocycles. The van der Waals surface area contributed by atoms with Gasteiger partial charge in [-0.1, -0.05) is 41.7 Å². The molecule has 0 unspecified atom stereocenters. The second-order valence-corrected chi connectivity index (χ2v) is 10.3. The summed E-state index contributed by atoms with van der Waals surface area (Å²) in [7, 11) is 4.07. The molecule has 1 aliphatic rings. The molecule has 0 amide bonds. The minimum atomic E-state index is 0.569. The molecule has 0 radical (unpaired) electrons. The molecule has 1 N–H and O–H groups in total. The first-order valence-electron chi connectivity index (χ1n) is 9.42. The summed E-state index contributed by atoms with van der Waals surface area (Å²) in [6.07, 6.45) is 2.44. The third kappa shape index (κ3) is 4.28. The predicted octanol–water partition coefficient (Wildman–Crippen LogP) is 5.00. The van der Waals surface area contributed by atoms with Crippen molar-refractivity contribution in [1.29, 1.82) is 0 Å². The lowest BCUT2D eigenvalue weighted by molar-refractivity contribution is 0.390. The zero-order valence-corrected chi connectivity index (χ0v) is 18.6. The van der Waals surface area contributed by atoms with Crippen molar-refractivity contribution >= 4 is 49.8 Å². The largest absolute Gasteiger partial charge is 0.357 e. The number of nitrogens with one attached hydrogen (secondary N) is 1. The molecule has 3 aromatic heterocycles. The Morgan fingerprint density at radius 3 is 2.72 bits per heavy atom. The molecule has 29 heavy (non-hydrogen) atoms. The third-order valence-corrected chi connectivity index (χ3v) is 7.25. The zero-order chi connectivity index (χ0) is 19.8. The Hall–Kier alpha value is -2.07. The first-order valence-corrected chi connectivity index (χ1v) is 11.9. The lowest BCUT2D eigenvalue weighted by Gasteiger charge is -2.10. The molecular formula is C20H20N6S3. The van der Waals surface area contributed by atoms with Gasteiger partial charge >= 0.3 is 0 Å². The number of hydrogen-bond donors (Lipinski definition) is 1. The van der Waals surface area contributed by atoms with Gasteiger partial charge in [0.15, 0.2) is 4.34 Å². The maximum Gasteiger partial charge on any atom is 0.206 e. The number of hydrogen-bond acceptors (Lipinski definition) is 9. The van der Waals surface area contributed by atoms with E-state index >= 15 is 0 Å². The smallest absolute Gasteiger partial charge is 0.206 e. The molecule has 148 valence electrons. The number of rotatable bonds is 7. The summed E-state index contributed by atoms with van der Waals surface area (Å²) in [6, 6.07) is 11.0. The van der Waals surface area contributed by atoms with E-state index in [-0.39, 0.29) is 0 Å². The topological polar surface area (TPSA) is 66.8 Å². The number of anilines is 1. The van der Waals surface area contributed by atoms with Crippen molar-refractivity contribution in [2.45, 2.75) is 34.8 Å². The van der Waals surface area contributed by atoms with Crippen molar-refractivity contribution in [1.82, 2.24) is 25.1 Å². The van der Waals surface area contributed by atoms with Crippen LogP contribution < -0.4 is 5.32 Å². The van der Waals surface area contributed by atoms with Crippen LogP contribution in [0.15, 0.2) is 45.1 Å². The minimum absolute atomic E-state index is 0.569. The molecule has 1 fully saturated rings. The molecule has 3 heterocycles. The van der Waals surface area contributed by atoms with Gasteiger partial charge in [0.05, 0.1) is 11.9 Å². The molecule has 5 rings (SSSR count). The van der Waals surface area contributed by atoms with Crippen LogP contribution in [0, 0.1) is 0 Å². The predicted molar refractivity (Wildman–Crippen MR) is 121 cm³/mol. The van der Waals surface area contributed by atoms with E-state index in [2.05, 4.69) is 50.1 Å². The number of fused-ring (bicyclic) bond motifs is 1. The number of aromatic nitrogens is 4. The van der Waals surface area contributed by atoms with Gasteiger partial charge in [-0.15, -0.1) is 21.5 Å². The zero-order valence-electron chi connectivity index (χ0n) is 16.1. The second-order valence-electron chi connectivity index (χ2n) is 7.27. The molecule has 0 bridgehead atoms. The van der Waals surface area contributed by atoms with Crippen LogP contribution in [-0.4, -0.2) is 45.2 Å². The molecule has 1 aromatic carbocycles. The van der Waals surface area contributed by atoms with E-state index in [1.165, 1.54) is 24.0 Å². The van der Waals surface area contributed by atoms with Gasteiger partial charge in [0.1, 0.15) is 15.7 Å². The summed E-state index contributed by atoms with van der Waals surface area (Å²) < 4.78 is 0.897. The molecule has 0 saturated heterocycles. The Balaban J connectivity index is 1.56. The molecule has 1 aliphatic carbocycles. The number of thiophene rings is 1. The van der Waals surface area contributed by atoms with Crippen LogP contribution in [0.1, 0.15) is 18.7 Å². The molecule has 0 spiro atoms. The van der Waals surface area contributed by atoms with Gasteiger partial charge in [0.25, 0.3) is 0 Å². The van der Waals surface area contributed by atoms with Gasteiger partial charge in [0.2, 0.25) is 5.13 Å². The van der Waals surface area contributed by atoms with Crippen LogP contribution in [0.2, 0.25) is 0 Å². The van der Waals surface area contributed by atoms with Crippen molar-refractivity contribution in [2.24, 2.45) is 0 Å². The maximum absolute atomic E-state index is 4.91. The summed E-state index contributed by atoms with van der Waals surface area (Å²) in [5, 5.41) is 17.2. The van der Waals surface area contributed by atoms with E-state index in [1.54, 1.807) is 34.4 Å². The van der Waals surface area contributed by atoms with Crippen molar-refractivity contribution in [3.63, 3.8) is 0 Å². The fraction of sp³-hybridized carbons (Fsp3) is 0.300. The van der Waals surface area contributed by atoms with Crippen molar-refractivity contribution in [2.75, 3.05) is 19.4 Å². The average molecular weight is 441 g/mol. The number of benzene rings is 1. The van der Waals surface area contributed by atoms with Crippen molar-refractivity contribution < 1.29 is 0 Å². The first kappa shape index (κ1) is 18.9. The van der Waals surface area contributed by atoms with E-state index in [9.17, 15) is 0 Å². The van der Waals surface area contributed by atoms with E-state index < -0.39 is 0 Å². The standard InChI is InChI=1S/C20H20N6S3/c1-26(2)10-15-22-17-16(14(11-27-17)12-6-4-3-5-7-12)18(23-15)28-20-25-24-19(29-20)21-13-8-9-13/h3-7,11,13H,8-10H2,1-2H3,(H,21,24). The van der Waals surface area contributed by atoms with Gasteiger partial charge in [-0.25, -0.2) is 9.97 Å². The van der Waals surface area contributed by atoms with Gasteiger partial charge in [-0.3, -0.25) is 0 Å². The molecular weight excluding hydrogens is 420 g/mol. The normalized spacial score (nSPS) is 14.0. The molecule has 6 nitrogen and oxygen atoms in total. The summed E-state index contributed by atoms with van der Waals surface area (Å²) in [4.78, 5) is 12.8. The van der Waals surface area contributed by atoms with Crippen LogP contribution in [0.3, 0.4) is 0 Å². The highest BCUT2D eigenvalue weighted by Gasteiger charge is 2.23. The quantitative estimate of drug-likeness (QED) is 0.406. The lowest BCUT2D eigenvalue weighted by Crippen LogP contribution is -2.13. The molecule has 9 heteroatoms. The van der Waals surface area contributed by atoms with Gasteiger partial charge < -0.3 is 10.2 Å². The summed E-state index contributed by atoms with van der Waals surface area (Å²) >= 11 is 4.84. The monoisotopic (exact) mass is 440 g/mol. The minimum Gasteiger partial charge on any atom is -0.357 e. The van der Waals surface area contributed by atoms with Crippen LogP contribution in [0.4, 0.5) is 5.13 Å². The van der Waals surface area contributed by atoms with Gasteiger partial charge in [0, 0.05) is 17.0 Å². The van der Waals surface area contributed by atoms with E-state index in [0.717, 1.165) is 30.5 Å². The Labute approximate surface area is 181 Å². The Morgan fingerprint density at radius 1 is 1.14 bits per heavy atom. The highest BCUT2D eigenvalue weighted by Crippen LogP contribution is 2.42. The number of nitrogens with zero attached hydrogens (tertiary/aromatic N) is 5. The lowest BCUT2D eigenvalue weighted by atomic mass is 10.1. The molecule has 1 saturated carbocycles. The highest BCUT2D eigenvalue weighted by atomic mass is 32.2. The van der Waals surface area contributed by atoms with Crippen LogP contribution in [0.25, 0.3) is 21.3 Å². The second kappa shape index (κ2) is 7.98. The van der Waals surface area contributed by atoms with Crippen LogP contribution in [0.5, 0.6) is 0 Å². The van der Waals surface area contributed by atoms with Gasteiger partial charge in [-0.05, 0) is 44.3 Å². The van der Waals surface area contributed by atoms with Crippen LogP contribution >= 0.6 is 34.4 Å². The van der Waals surface area contributed by atoms with Gasteiger partial charge in [-0.2, -0.15) is 0 Å². The molecule has 4 aromatic rings. The first-order chi connectivity index (χ1) is 14.2. The SMILES string of the molecule is CN(C)Cc1nc(Sc2nnc(NC3CC3)s2)c2c(-c3ccccc3)csc2n1. The van der Waals surface area contributed by atoms with Crippen molar-refractivity contribution in [3.8, 4) is 11.1 Å². The van der Waals surface area contributed by atoms with Crippen molar-refractivity contribution in [3.05, 3.63) is 41.5 Å². The summed E-state index contributed by atoms with van der Waals surface area (Å²) in [5.74, 6) is 0.826. The fourth-order valence-corrected chi connectivity index (χ4v) is 5.94. The van der Waals surface area contributed by atoms with E-state index in [4.69, 9.17) is 9.97 Å². The summed E-state index contributed by atoms with van der Waals surface area (Å²) in [5.41, 5.74) is 2.35. The third-order valence-electron chi connectivity index (χ3n) is 4.48. The highest BCUT2D eigenvalue weighted by molar-refractivity contribution is 8.01. The summed E-state index contributed by atoms with van der Waals surface area (Å²) in [6.45, 7) is 0.701. The Bertz CT molecular complexity index is 1130. The van der Waals surface area contributed by atoms with E-state index in [1.807, 2.05) is 20.2 Å². The van der Waals surface area contributed by atoms with E-state index in [0.29, 0.717) is 12.6 Å². The maximum atomic E-state index is 4.91. The average Bonchev–Trinajstić information content (AvgIpc) is 3.23. The fourth-order valence-electron chi connectivity index (χ4n) is 3.00.